The molecule has 0 saturated heterocycles. The van der Waals surface area contributed by atoms with Crippen molar-refractivity contribution in [3.63, 3.8) is 0 Å². The fourth-order valence-corrected chi connectivity index (χ4v) is 2.46. The number of amides is 1. The van der Waals surface area contributed by atoms with Crippen molar-refractivity contribution < 1.29 is 4.79 Å². The number of carbonyl (C=O) groups is 1. The molecule has 0 aliphatic heterocycles. The summed E-state index contributed by atoms with van der Waals surface area (Å²) in [6.07, 6.45) is 1.64. The molecule has 8 heteroatoms. The summed E-state index contributed by atoms with van der Waals surface area (Å²) in [7, 11) is 1.64. The Hall–Kier alpha value is -2.93. The fraction of sp³-hybridized carbons (Fsp3) is 0.176. The maximum atomic E-state index is 12.3. The Morgan fingerprint density at radius 1 is 1.20 bits per heavy atom. The summed E-state index contributed by atoms with van der Waals surface area (Å²) in [6.45, 7) is 0.541. The van der Waals surface area contributed by atoms with Crippen molar-refractivity contribution in [3.8, 4) is 11.5 Å². The van der Waals surface area contributed by atoms with E-state index < -0.39 is 0 Å². The van der Waals surface area contributed by atoms with Gasteiger partial charge in [0.15, 0.2) is 5.82 Å². The number of halogens is 1. The van der Waals surface area contributed by atoms with Gasteiger partial charge in [-0.2, -0.15) is 0 Å². The van der Waals surface area contributed by atoms with Crippen LogP contribution in [0.25, 0.3) is 11.5 Å². The minimum Gasteiger partial charge on any atom is -0.350 e. The molecule has 1 N–H and O–H groups in total. The molecule has 0 saturated carbocycles. The van der Waals surface area contributed by atoms with Crippen LogP contribution >= 0.6 is 11.6 Å². The molecule has 3 rings (SSSR count). The molecule has 0 fully saturated rings. The molecule has 0 aliphatic rings. The molecule has 0 aliphatic carbocycles. The molecule has 0 atom stereocenters. The third kappa shape index (κ3) is 3.77. The number of nitrogens with one attached hydrogen (secondary N) is 1. The molecular formula is C17H16ClN5O2. The minimum atomic E-state index is -0.263. The first-order chi connectivity index (χ1) is 12.1. The van der Waals surface area contributed by atoms with Gasteiger partial charge in [-0.3, -0.25) is 14.3 Å². The van der Waals surface area contributed by atoms with Crippen LogP contribution in [0.5, 0.6) is 0 Å². The van der Waals surface area contributed by atoms with Gasteiger partial charge in [-0.05, 0) is 36.4 Å². The lowest BCUT2D eigenvalue weighted by molar-refractivity contribution is 0.0952. The molecule has 0 spiro atoms. The highest BCUT2D eigenvalue weighted by molar-refractivity contribution is 6.30. The molecule has 0 unspecified atom stereocenters. The quantitative estimate of drug-likeness (QED) is 0.754. The van der Waals surface area contributed by atoms with E-state index in [-0.39, 0.29) is 24.7 Å². The van der Waals surface area contributed by atoms with E-state index in [0.717, 1.165) is 0 Å². The minimum absolute atomic E-state index is 0.231. The van der Waals surface area contributed by atoms with Gasteiger partial charge in [0, 0.05) is 30.4 Å². The van der Waals surface area contributed by atoms with Gasteiger partial charge >= 0.3 is 5.69 Å². The summed E-state index contributed by atoms with van der Waals surface area (Å²) in [5, 5.41) is 7.62. The SMILES string of the molecule is Cn1c(-c2ccccn2)nn(CCNC(=O)c2ccc(Cl)cc2)c1=O. The number of aromatic nitrogens is 4. The van der Waals surface area contributed by atoms with Crippen LogP contribution in [0, 0.1) is 0 Å². The van der Waals surface area contributed by atoms with Crippen LogP contribution in [-0.2, 0) is 13.6 Å². The third-order valence-electron chi connectivity index (χ3n) is 3.65. The van der Waals surface area contributed by atoms with Crippen molar-refractivity contribution >= 4 is 17.5 Å². The van der Waals surface area contributed by atoms with Crippen LogP contribution in [0.2, 0.25) is 5.02 Å². The van der Waals surface area contributed by atoms with E-state index in [9.17, 15) is 9.59 Å². The third-order valence-corrected chi connectivity index (χ3v) is 3.90. The van der Waals surface area contributed by atoms with Crippen molar-refractivity contribution in [2.75, 3.05) is 6.54 Å². The van der Waals surface area contributed by atoms with Gasteiger partial charge in [-0.15, -0.1) is 5.10 Å². The zero-order valence-electron chi connectivity index (χ0n) is 13.5. The van der Waals surface area contributed by atoms with Crippen LogP contribution in [0.3, 0.4) is 0 Å². The summed E-state index contributed by atoms with van der Waals surface area (Å²) in [5.74, 6) is 0.250. The molecule has 7 nitrogen and oxygen atoms in total. The van der Waals surface area contributed by atoms with E-state index in [4.69, 9.17) is 11.6 Å². The highest BCUT2D eigenvalue weighted by atomic mass is 35.5. The Bertz CT molecular complexity index is 932. The molecule has 1 amide bonds. The first kappa shape index (κ1) is 16.9. The van der Waals surface area contributed by atoms with E-state index in [1.165, 1.54) is 9.25 Å². The molecule has 3 aromatic rings. The number of benzene rings is 1. The van der Waals surface area contributed by atoms with Gasteiger partial charge in [0.25, 0.3) is 5.91 Å². The van der Waals surface area contributed by atoms with Crippen molar-refractivity contribution in [2.24, 2.45) is 7.05 Å². The normalized spacial score (nSPS) is 10.6. The Morgan fingerprint density at radius 2 is 1.96 bits per heavy atom. The highest BCUT2D eigenvalue weighted by Gasteiger charge is 2.13. The van der Waals surface area contributed by atoms with Gasteiger partial charge in [0.2, 0.25) is 0 Å². The molecule has 0 bridgehead atoms. The van der Waals surface area contributed by atoms with E-state index >= 15 is 0 Å². The lowest BCUT2D eigenvalue weighted by atomic mass is 10.2. The Morgan fingerprint density at radius 3 is 2.64 bits per heavy atom. The summed E-state index contributed by atoms with van der Waals surface area (Å²) < 4.78 is 2.75. The van der Waals surface area contributed by atoms with Gasteiger partial charge in [0.05, 0.1) is 6.54 Å². The average Bonchev–Trinajstić information content (AvgIpc) is 2.91. The van der Waals surface area contributed by atoms with Crippen molar-refractivity contribution in [1.82, 2.24) is 24.6 Å². The lowest BCUT2D eigenvalue weighted by Crippen LogP contribution is -2.31. The zero-order valence-corrected chi connectivity index (χ0v) is 14.3. The zero-order chi connectivity index (χ0) is 17.8. The van der Waals surface area contributed by atoms with Crippen molar-refractivity contribution in [3.05, 3.63) is 69.7 Å². The topological polar surface area (TPSA) is 81.8 Å². The predicted octanol–water partition coefficient (Wildman–Crippen LogP) is 1.73. The van der Waals surface area contributed by atoms with Gasteiger partial charge in [0.1, 0.15) is 5.69 Å². The van der Waals surface area contributed by atoms with E-state index in [1.807, 2.05) is 6.07 Å². The smallest absolute Gasteiger partial charge is 0.346 e. The second kappa shape index (κ2) is 7.31. The van der Waals surface area contributed by atoms with Crippen molar-refractivity contribution in [1.29, 1.82) is 0 Å². The standard InChI is InChI=1S/C17H16ClN5O2/c1-22-15(14-4-2-3-9-19-14)21-23(17(22)25)11-10-20-16(24)12-5-7-13(18)8-6-12/h2-9H,10-11H2,1H3,(H,20,24). The monoisotopic (exact) mass is 357 g/mol. The molecule has 2 heterocycles. The number of hydrogen-bond donors (Lipinski definition) is 1. The molecular weight excluding hydrogens is 342 g/mol. The van der Waals surface area contributed by atoms with Crippen LogP contribution in [-0.4, -0.2) is 31.8 Å². The Kier molecular flexibility index (Phi) is 4.95. The van der Waals surface area contributed by atoms with E-state index in [1.54, 1.807) is 49.6 Å². The maximum Gasteiger partial charge on any atom is 0.346 e. The lowest BCUT2D eigenvalue weighted by Gasteiger charge is -2.04. The van der Waals surface area contributed by atoms with Crippen LogP contribution < -0.4 is 11.0 Å². The molecule has 1 aromatic carbocycles. The molecule has 0 radical (unpaired) electrons. The second-order valence-corrected chi connectivity index (χ2v) is 5.80. The van der Waals surface area contributed by atoms with Gasteiger partial charge < -0.3 is 5.32 Å². The second-order valence-electron chi connectivity index (χ2n) is 5.37. The first-order valence-corrected chi connectivity index (χ1v) is 8.03. The maximum absolute atomic E-state index is 12.3. The van der Waals surface area contributed by atoms with Crippen LogP contribution in [0.1, 0.15) is 10.4 Å². The summed E-state index contributed by atoms with van der Waals surface area (Å²) in [6, 6.07) is 12.0. The van der Waals surface area contributed by atoms with Crippen LogP contribution in [0.15, 0.2) is 53.5 Å². The first-order valence-electron chi connectivity index (χ1n) is 7.65. The number of carbonyl (C=O) groups excluding carboxylic acids is 1. The number of rotatable bonds is 5. The summed E-state index contributed by atoms with van der Waals surface area (Å²) in [5.41, 5.74) is 0.861. The number of pyridine rings is 1. The Balaban J connectivity index is 1.67. The Labute approximate surface area is 148 Å². The molecule has 128 valence electrons. The average molecular weight is 358 g/mol. The number of nitrogens with zero attached hydrogens (tertiary/aromatic N) is 4. The predicted molar refractivity (Wildman–Crippen MR) is 94.5 cm³/mol. The summed E-state index contributed by atoms with van der Waals surface area (Å²) >= 11 is 5.80. The summed E-state index contributed by atoms with van der Waals surface area (Å²) in [4.78, 5) is 28.5. The largest absolute Gasteiger partial charge is 0.350 e. The molecule has 2 aromatic heterocycles. The molecule has 25 heavy (non-hydrogen) atoms. The van der Waals surface area contributed by atoms with Crippen LogP contribution in [0.4, 0.5) is 0 Å². The van der Waals surface area contributed by atoms with E-state index in [0.29, 0.717) is 22.1 Å². The van der Waals surface area contributed by atoms with E-state index in [2.05, 4.69) is 15.4 Å². The fourth-order valence-electron chi connectivity index (χ4n) is 2.33. The highest BCUT2D eigenvalue weighted by Crippen LogP contribution is 2.10. The van der Waals surface area contributed by atoms with Gasteiger partial charge in [-0.25, -0.2) is 9.48 Å². The number of hydrogen-bond acceptors (Lipinski definition) is 4. The van der Waals surface area contributed by atoms with Crippen molar-refractivity contribution in [2.45, 2.75) is 6.54 Å². The van der Waals surface area contributed by atoms with Gasteiger partial charge in [-0.1, -0.05) is 17.7 Å².